The first-order valence-corrected chi connectivity index (χ1v) is 23.8. The summed E-state index contributed by atoms with van der Waals surface area (Å²) < 4.78 is 7.57. The van der Waals surface area contributed by atoms with Gasteiger partial charge in [-0.25, -0.2) is 0 Å². The van der Waals surface area contributed by atoms with Crippen molar-refractivity contribution in [3.05, 3.63) is 88.3 Å². The summed E-state index contributed by atoms with van der Waals surface area (Å²) in [5, 5.41) is 0. The SMILES string of the molecule is CC(C)(C)C1=CC2B3C4=C(CC(N(c5ccccc5)C5CC=CCC5)CC4N4C2C(=C1)C1(CCCCC1)C4(C)C)N(C1CCCCC1)C1OC2=C(CCCC2)C31. The molecular weight excluding hydrogens is 681 g/mol. The molecular formula is C51H70BN3O. The molecule has 2 saturated heterocycles. The Morgan fingerprint density at radius 3 is 2.38 bits per heavy atom. The van der Waals surface area contributed by atoms with Gasteiger partial charge >= 0.3 is 0 Å². The van der Waals surface area contributed by atoms with Crippen molar-refractivity contribution in [1.82, 2.24) is 9.80 Å². The number of benzene rings is 1. The number of ether oxygens (including phenoxy) is 1. The third kappa shape index (κ3) is 5.26. The number of allylic oxidation sites excluding steroid dienone is 4. The first-order chi connectivity index (χ1) is 27.2. The first kappa shape index (κ1) is 36.4. The van der Waals surface area contributed by atoms with Gasteiger partial charge in [-0.05, 0) is 125 Å². The summed E-state index contributed by atoms with van der Waals surface area (Å²) >= 11 is 0. The number of hydrogen-bond acceptors (Lipinski definition) is 4. The van der Waals surface area contributed by atoms with Crippen LogP contribution in [0.3, 0.4) is 0 Å². The van der Waals surface area contributed by atoms with E-state index in [9.17, 15) is 0 Å². The molecule has 0 bridgehead atoms. The number of nitrogens with zero attached hydrogens (tertiary/aromatic N) is 3. The second-order valence-electron chi connectivity index (χ2n) is 21.7. The molecule has 56 heavy (non-hydrogen) atoms. The Morgan fingerprint density at radius 2 is 1.62 bits per heavy atom. The first-order valence-electron chi connectivity index (χ1n) is 23.8. The maximum absolute atomic E-state index is 7.57. The lowest BCUT2D eigenvalue weighted by Gasteiger charge is -2.62. The molecule has 0 aromatic heterocycles. The topological polar surface area (TPSA) is 19.0 Å². The predicted molar refractivity (Wildman–Crippen MR) is 233 cm³/mol. The van der Waals surface area contributed by atoms with Crippen molar-refractivity contribution < 1.29 is 4.74 Å². The van der Waals surface area contributed by atoms with Crippen molar-refractivity contribution in [3.63, 3.8) is 0 Å². The molecule has 5 heteroatoms. The Morgan fingerprint density at radius 1 is 0.857 bits per heavy atom. The molecule has 0 amide bonds. The normalized spacial score (nSPS) is 36.1. The van der Waals surface area contributed by atoms with Gasteiger partial charge < -0.3 is 14.5 Å². The van der Waals surface area contributed by atoms with Crippen molar-refractivity contribution in [3.8, 4) is 0 Å². The molecule has 6 aliphatic carbocycles. The maximum Gasteiger partial charge on any atom is 0.198 e. The molecule has 2 saturated carbocycles. The van der Waals surface area contributed by atoms with Crippen molar-refractivity contribution in [2.45, 2.75) is 210 Å². The fourth-order valence-electron chi connectivity index (χ4n) is 15.4. The molecule has 0 radical (unpaired) electrons. The Bertz CT molecular complexity index is 1870. The standard InChI is InChI=1S/C51H70BN3O/c1-49(2,3)34-30-40-47-41(31-34)52-45-39-26-16-17-27-44(39)56-48(45)54(37-24-14-8-15-25-37)42-32-38(53(35-20-10-6-11-21-35)36-22-12-7-13-23-36)33-43(46(42)52)55(47)50(4,5)51(40)28-18-9-19-29-51/h6-7,10-12,20-21,30-31,36-38,41,43,45,47-48H,8-9,13-19,22-29,32-33H2,1-5H3. The fraction of sp³-hybridized carbons (Fsp3) is 0.686. The van der Waals surface area contributed by atoms with Crippen LogP contribution in [0.25, 0.3) is 0 Å². The van der Waals surface area contributed by atoms with Gasteiger partial charge in [-0.2, -0.15) is 0 Å². The molecule has 4 nitrogen and oxygen atoms in total. The molecule has 4 heterocycles. The molecule has 11 rings (SSSR count). The van der Waals surface area contributed by atoms with Gasteiger partial charge in [0.15, 0.2) is 12.9 Å². The highest BCUT2D eigenvalue weighted by atomic mass is 16.5. The van der Waals surface area contributed by atoms with Crippen LogP contribution in [-0.4, -0.2) is 58.5 Å². The van der Waals surface area contributed by atoms with Gasteiger partial charge in [-0.3, -0.25) is 4.90 Å². The third-order valence-electron chi connectivity index (χ3n) is 17.8. The van der Waals surface area contributed by atoms with E-state index in [1.54, 1.807) is 16.8 Å². The highest BCUT2D eigenvalue weighted by Gasteiger charge is 2.71. The van der Waals surface area contributed by atoms with E-state index in [2.05, 4.69) is 104 Å². The number of hydrogen-bond donors (Lipinski definition) is 0. The van der Waals surface area contributed by atoms with Crippen LogP contribution in [0.15, 0.2) is 88.3 Å². The van der Waals surface area contributed by atoms with Crippen molar-refractivity contribution >= 4 is 12.4 Å². The van der Waals surface area contributed by atoms with Crippen molar-refractivity contribution in [2.75, 3.05) is 4.90 Å². The van der Waals surface area contributed by atoms with E-state index in [1.165, 1.54) is 121 Å². The Kier molecular flexibility index (Phi) is 8.74. The summed E-state index contributed by atoms with van der Waals surface area (Å²) in [6, 6.07) is 14.3. The molecule has 298 valence electrons. The molecule has 4 fully saturated rings. The fourth-order valence-corrected chi connectivity index (χ4v) is 15.4. The second-order valence-corrected chi connectivity index (χ2v) is 21.7. The van der Waals surface area contributed by atoms with Crippen LogP contribution in [-0.2, 0) is 4.74 Å². The lowest BCUT2D eigenvalue weighted by Crippen LogP contribution is -2.69. The predicted octanol–water partition coefficient (Wildman–Crippen LogP) is 12.3. The van der Waals surface area contributed by atoms with Gasteiger partial charge in [0, 0.05) is 71.2 Å². The summed E-state index contributed by atoms with van der Waals surface area (Å²) in [5.41, 5.74) is 10.8. The summed E-state index contributed by atoms with van der Waals surface area (Å²) in [7, 11) is 0. The summed E-state index contributed by atoms with van der Waals surface area (Å²) in [4.78, 5) is 9.30. The number of rotatable bonds is 4. The quantitative estimate of drug-likeness (QED) is 0.225. The molecule has 0 N–H and O–H groups in total. The van der Waals surface area contributed by atoms with E-state index in [0.29, 0.717) is 48.6 Å². The minimum absolute atomic E-state index is 0.0953. The molecule has 10 aliphatic rings. The number of fused-ring (bicyclic) bond motifs is 6. The third-order valence-corrected chi connectivity index (χ3v) is 17.8. The van der Waals surface area contributed by atoms with Crippen LogP contribution < -0.4 is 4.90 Å². The Labute approximate surface area is 340 Å². The number of anilines is 1. The van der Waals surface area contributed by atoms with Gasteiger partial charge in [0.1, 0.15) is 0 Å². The van der Waals surface area contributed by atoms with Crippen LogP contribution in [0.2, 0.25) is 11.6 Å². The zero-order valence-electron chi connectivity index (χ0n) is 35.6. The lowest BCUT2D eigenvalue weighted by atomic mass is 9.23. The van der Waals surface area contributed by atoms with Crippen LogP contribution in [0.4, 0.5) is 5.69 Å². The lowest BCUT2D eigenvalue weighted by molar-refractivity contribution is -0.0367. The zero-order valence-corrected chi connectivity index (χ0v) is 35.6. The van der Waals surface area contributed by atoms with Gasteiger partial charge in [-0.15, -0.1) is 0 Å². The Balaban J connectivity index is 1.16. The van der Waals surface area contributed by atoms with E-state index in [4.69, 9.17) is 4.74 Å². The molecule has 4 aliphatic heterocycles. The average molecular weight is 752 g/mol. The zero-order chi connectivity index (χ0) is 38.0. The van der Waals surface area contributed by atoms with Crippen molar-refractivity contribution in [2.24, 2.45) is 10.8 Å². The monoisotopic (exact) mass is 752 g/mol. The summed E-state index contributed by atoms with van der Waals surface area (Å²) in [5.74, 6) is 2.42. The highest BCUT2D eigenvalue weighted by Crippen LogP contribution is 2.70. The average Bonchev–Trinajstić information content (AvgIpc) is 3.68. The molecule has 1 aromatic rings. The second kappa shape index (κ2) is 13.4. The van der Waals surface area contributed by atoms with Crippen LogP contribution in [0.5, 0.6) is 0 Å². The van der Waals surface area contributed by atoms with Crippen LogP contribution >= 0.6 is 0 Å². The smallest absolute Gasteiger partial charge is 0.198 e. The van der Waals surface area contributed by atoms with E-state index in [-0.39, 0.29) is 22.6 Å². The van der Waals surface area contributed by atoms with Gasteiger partial charge in [0.25, 0.3) is 0 Å². The van der Waals surface area contributed by atoms with Crippen LogP contribution in [0, 0.1) is 10.8 Å². The molecule has 1 aromatic carbocycles. The van der Waals surface area contributed by atoms with Gasteiger partial charge in [0.2, 0.25) is 0 Å². The number of para-hydroxylation sites is 1. The largest absolute Gasteiger partial charge is 0.475 e. The summed E-state index contributed by atoms with van der Waals surface area (Å²) in [6.45, 7) is 13.5. The van der Waals surface area contributed by atoms with Gasteiger partial charge in [0.05, 0.1) is 5.76 Å². The minimum atomic E-state index is 0.0953. The van der Waals surface area contributed by atoms with E-state index in [0.717, 1.165) is 12.8 Å². The van der Waals surface area contributed by atoms with Crippen molar-refractivity contribution in [1.29, 1.82) is 0 Å². The van der Waals surface area contributed by atoms with E-state index >= 15 is 0 Å². The maximum atomic E-state index is 7.57. The molecule has 1 spiro atoms. The Hall–Kier alpha value is -2.66. The van der Waals surface area contributed by atoms with E-state index in [1.807, 2.05) is 11.0 Å². The molecule has 7 unspecified atom stereocenters. The minimum Gasteiger partial charge on any atom is -0.475 e. The highest BCUT2D eigenvalue weighted by molar-refractivity contribution is 6.72. The van der Waals surface area contributed by atoms with Crippen LogP contribution in [0.1, 0.15) is 157 Å². The van der Waals surface area contributed by atoms with Gasteiger partial charge in [-0.1, -0.05) is 107 Å². The summed E-state index contributed by atoms with van der Waals surface area (Å²) in [6.07, 6.45) is 35.6. The van der Waals surface area contributed by atoms with E-state index < -0.39 is 0 Å². The molecule has 7 atom stereocenters.